The number of amides is 1. The van der Waals surface area contributed by atoms with Gasteiger partial charge in [0.15, 0.2) is 5.82 Å². The van der Waals surface area contributed by atoms with Crippen molar-refractivity contribution in [2.75, 3.05) is 13.1 Å². The lowest BCUT2D eigenvalue weighted by atomic mass is 10.1. The van der Waals surface area contributed by atoms with Gasteiger partial charge in [-0.25, -0.2) is 9.67 Å². The van der Waals surface area contributed by atoms with Crippen molar-refractivity contribution >= 4 is 5.91 Å². The fourth-order valence-corrected chi connectivity index (χ4v) is 2.98. The minimum absolute atomic E-state index is 0.0379. The molecule has 8 heteroatoms. The number of carbonyl (C=O) groups is 1. The first kappa shape index (κ1) is 14.6. The molecule has 3 aromatic rings. The van der Waals surface area contributed by atoms with Crippen molar-refractivity contribution < 1.29 is 9.32 Å². The summed E-state index contributed by atoms with van der Waals surface area (Å²) in [5.74, 6) is 0.868. The average molecular weight is 324 g/mol. The number of carbonyl (C=O) groups excluding carboxylic acids is 1. The third-order valence-electron chi connectivity index (χ3n) is 4.18. The van der Waals surface area contributed by atoms with Gasteiger partial charge in [-0.05, 0) is 25.5 Å². The third kappa shape index (κ3) is 2.55. The van der Waals surface area contributed by atoms with Gasteiger partial charge < -0.3 is 9.42 Å². The van der Waals surface area contributed by atoms with Gasteiger partial charge in [-0.15, -0.1) is 0 Å². The molecule has 122 valence electrons. The van der Waals surface area contributed by atoms with Crippen LogP contribution in [0.25, 0.3) is 11.5 Å². The summed E-state index contributed by atoms with van der Waals surface area (Å²) >= 11 is 0. The SMILES string of the molecule is Cc1noc(-c2ccccc2C(=O)N2CCC(n3cncn3)C2)n1. The summed E-state index contributed by atoms with van der Waals surface area (Å²) in [4.78, 5) is 23.0. The Kier molecular flexibility index (Phi) is 3.56. The van der Waals surface area contributed by atoms with Crippen molar-refractivity contribution in [1.82, 2.24) is 29.8 Å². The van der Waals surface area contributed by atoms with Crippen LogP contribution in [0.1, 0.15) is 28.6 Å². The number of benzene rings is 1. The van der Waals surface area contributed by atoms with Crippen LogP contribution in [-0.4, -0.2) is 48.8 Å². The van der Waals surface area contributed by atoms with Crippen molar-refractivity contribution in [2.45, 2.75) is 19.4 Å². The number of rotatable bonds is 3. The molecule has 1 amide bonds. The topological polar surface area (TPSA) is 89.9 Å². The number of hydrogen-bond donors (Lipinski definition) is 0. The lowest BCUT2D eigenvalue weighted by molar-refractivity contribution is 0.0787. The Balaban J connectivity index is 1.59. The molecule has 0 spiro atoms. The highest BCUT2D eigenvalue weighted by molar-refractivity contribution is 6.00. The maximum absolute atomic E-state index is 13.0. The largest absolute Gasteiger partial charge is 0.336 e. The van der Waals surface area contributed by atoms with Crippen LogP contribution in [0.3, 0.4) is 0 Å². The van der Waals surface area contributed by atoms with Crippen LogP contribution in [0.4, 0.5) is 0 Å². The minimum Gasteiger partial charge on any atom is -0.336 e. The highest BCUT2D eigenvalue weighted by Gasteiger charge is 2.30. The van der Waals surface area contributed by atoms with Gasteiger partial charge in [0.1, 0.15) is 12.7 Å². The maximum atomic E-state index is 13.0. The fourth-order valence-electron chi connectivity index (χ4n) is 2.98. The first-order valence-corrected chi connectivity index (χ1v) is 7.75. The standard InChI is InChI=1S/C16H16N6O2/c1-11-19-15(24-20-11)13-4-2-3-5-14(13)16(23)21-7-6-12(8-21)22-10-17-9-18-22/h2-5,9-10,12H,6-8H2,1H3. The molecule has 0 N–H and O–H groups in total. The van der Waals surface area contributed by atoms with Gasteiger partial charge in [0.25, 0.3) is 11.8 Å². The van der Waals surface area contributed by atoms with Crippen molar-refractivity contribution in [2.24, 2.45) is 0 Å². The molecular formula is C16H16N6O2. The lowest BCUT2D eigenvalue weighted by Gasteiger charge is -2.17. The molecule has 0 radical (unpaired) electrons. The number of nitrogens with zero attached hydrogens (tertiary/aromatic N) is 6. The highest BCUT2D eigenvalue weighted by Crippen LogP contribution is 2.27. The number of likely N-dealkylation sites (tertiary alicyclic amines) is 1. The second kappa shape index (κ2) is 5.88. The highest BCUT2D eigenvalue weighted by atomic mass is 16.5. The Bertz CT molecular complexity index is 857. The second-order valence-corrected chi connectivity index (χ2v) is 5.76. The fraction of sp³-hybridized carbons (Fsp3) is 0.312. The van der Waals surface area contributed by atoms with Gasteiger partial charge in [-0.1, -0.05) is 17.3 Å². The van der Waals surface area contributed by atoms with E-state index in [0.717, 1.165) is 6.42 Å². The zero-order chi connectivity index (χ0) is 16.5. The quantitative estimate of drug-likeness (QED) is 0.729. The van der Waals surface area contributed by atoms with Crippen LogP contribution < -0.4 is 0 Å². The minimum atomic E-state index is -0.0379. The van der Waals surface area contributed by atoms with Crippen LogP contribution in [0.2, 0.25) is 0 Å². The van der Waals surface area contributed by atoms with Crippen LogP contribution in [-0.2, 0) is 0 Å². The normalized spacial score (nSPS) is 17.4. The zero-order valence-electron chi connectivity index (χ0n) is 13.2. The van der Waals surface area contributed by atoms with E-state index in [1.165, 1.54) is 6.33 Å². The molecule has 4 rings (SSSR count). The van der Waals surface area contributed by atoms with Crippen molar-refractivity contribution in [1.29, 1.82) is 0 Å². The molecule has 1 aliphatic rings. The zero-order valence-corrected chi connectivity index (χ0v) is 13.2. The Hall–Kier alpha value is -3.03. The average Bonchev–Trinajstić information content (AvgIpc) is 3.34. The van der Waals surface area contributed by atoms with Crippen LogP contribution >= 0.6 is 0 Å². The van der Waals surface area contributed by atoms with E-state index in [1.807, 2.05) is 23.1 Å². The Morgan fingerprint density at radius 2 is 2.21 bits per heavy atom. The molecule has 8 nitrogen and oxygen atoms in total. The van der Waals surface area contributed by atoms with E-state index in [-0.39, 0.29) is 11.9 Å². The summed E-state index contributed by atoms with van der Waals surface area (Å²) in [5.41, 5.74) is 1.23. The summed E-state index contributed by atoms with van der Waals surface area (Å²) < 4.78 is 7.04. The first-order chi connectivity index (χ1) is 11.7. The monoisotopic (exact) mass is 324 g/mol. The molecular weight excluding hydrogens is 308 g/mol. The molecule has 1 aromatic carbocycles. The smallest absolute Gasteiger partial charge is 0.258 e. The summed E-state index contributed by atoms with van der Waals surface area (Å²) in [6, 6.07) is 7.47. The van der Waals surface area contributed by atoms with Gasteiger partial charge in [-0.3, -0.25) is 4.79 Å². The summed E-state index contributed by atoms with van der Waals surface area (Å²) in [6.45, 7) is 3.04. The molecule has 1 saturated heterocycles. The van der Waals surface area contributed by atoms with E-state index in [9.17, 15) is 4.79 Å². The molecule has 1 unspecified atom stereocenters. The summed E-state index contributed by atoms with van der Waals surface area (Å²) in [6.07, 6.45) is 4.06. The number of hydrogen-bond acceptors (Lipinski definition) is 6. The van der Waals surface area contributed by atoms with E-state index in [2.05, 4.69) is 20.2 Å². The molecule has 2 aromatic heterocycles. The van der Waals surface area contributed by atoms with Gasteiger partial charge in [0.05, 0.1) is 17.2 Å². The lowest BCUT2D eigenvalue weighted by Crippen LogP contribution is -2.29. The van der Waals surface area contributed by atoms with Gasteiger partial charge in [0.2, 0.25) is 0 Å². The van der Waals surface area contributed by atoms with Crippen molar-refractivity contribution in [3.05, 3.63) is 48.3 Å². The molecule has 3 heterocycles. The van der Waals surface area contributed by atoms with E-state index in [4.69, 9.17) is 4.52 Å². The van der Waals surface area contributed by atoms with E-state index < -0.39 is 0 Å². The van der Waals surface area contributed by atoms with Crippen LogP contribution in [0.5, 0.6) is 0 Å². The van der Waals surface area contributed by atoms with E-state index in [1.54, 1.807) is 24.0 Å². The van der Waals surface area contributed by atoms with Crippen LogP contribution in [0, 0.1) is 6.92 Å². The number of aryl methyl sites for hydroxylation is 1. The van der Waals surface area contributed by atoms with Gasteiger partial charge in [0, 0.05) is 13.1 Å². The molecule has 0 bridgehead atoms. The Labute approximate surface area is 138 Å². The predicted octanol–water partition coefficient (Wildman–Crippen LogP) is 1.72. The number of aromatic nitrogens is 5. The molecule has 1 atom stereocenters. The van der Waals surface area contributed by atoms with Crippen LogP contribution in [0.15, 0.2) is 41.4 Å². The Morgan fingerprint density at radius 1 is 1.33 bits per heavy atom. The predicted molar refractivity (Wildman–Crippen MR) is 84.1 cm³/mol. The van der Waals surface area contributed by atoms with E-state index in [0.29, 0.717) is 35.9 Å². The molecule has 1 aliphatic heterocycles. The first-order valence-electron chi connectivity index (χ1n) is 7.75. The maximum Gasteiger partial charge on any atom is 0.258 e. The molecule has 0 saturated carbocycles. The Morgan fingerprint density at radius 3 is 2.96 bits per heavy atom. The summed E-state index contributed by atoms with van der Waals surface area (Å²) in [5, 5.41) is 7.97. The van der Waals surface area contributed by atoms with Crippen molar-refractivity contribution in [3.63, 3.8) is 0 Å². The van der Waals surface area contributed by atoms with E-state index >= 15 is 0 Å². The van der Waals surface area contributed by atoms with Gasteiger partial charge in [-0.2, -0.15) is 10.1 Å². The second-order valence-electron chi connectivity index (χ2n) is 5.76. The molecule has 1 fully saturated rings. The third-order valence-corrected chi connectivity index (χ3v) is 4.18. The molecule has 24 heavy (non-hydrogen) atoms. The van der Waals surface area contributed by atoms with Crippen molar-refractivity contribution in [3.8, 4) is 11.5 Å². The molecule has 0 aliphatic carbocycles. The summed E-state index contributed by atoms with van der Waals surface area (Å²) in [7, 11) is 0. The van der Waals surface area contributed by atoms with Gasteiger partial charge >= 0.3 is 0 Å².